The van der Waals surface area contributed by atoms with Crippen molar-refractivity contribution in [2.75, 3.05) is 0 Å². The smallest absolute Gasteiger partial charge is 0.147 e. The van der Waals surface area contributed by atoms with Crippen LogP contribution in [0.3, 0.4) is 0 Å². The molecule has 0 saturated carbocycles. The first-order chi connectivity index (χ1) is 9.68. The van der Waals surface area contributed by atoms with Crippen LogP contribution in [0.25, 0.3) is 22.3 Å². The van der Waals surface area contributed by atoms with E-state index in [0.29, 0.717) is 5.92 Å². The minimum Gasteiger partial charge on any atom is -0.147 e. The minimum absolute atomic E-state index is 0. The van der Waals surface area contributed by atoms with E-state index in [1.54, 1.807) is 0 Å². The monoisotopic (exact) mass is 407 g/mol. The van der Waals surface area contributed by atoms with E-state index in [-0.39, 0.29) is 24.8 Å². The molecule has 0 N–H and O–H groups in total. The molecule has 0 bridgehead atoms. The van der Waals surface area contributed by atoms with Gasteiger partial charge in [-0.25, -0.2) is 0 Å². The first-order valence-corrected chi connectivity index (χ1v) is 8.24. The fourth-order valence-corrected chi connectivity index (χ4v) is 3.52. The molecule has 0 radical (unpaired) electrons. The molecule has 3 rings (SSSR count). The Kier molecular flexibility index (Phi) is 7.33. The average molecular weight is 409 g/mol. The third-order valence-electron chi connectivity index (χ3n) is 3.80. The fraction of sp³-hybridized carbons (Fsp3) is 0.158. The number of hydrogen-bond acceptors (Lipinski definition) is 0. The second-order valence-corrected chi connectivity index (χ2v) is 6.77. The standard InChI is InChI=1S/C19H17.2ClH.Zr/c1-14(2)16-10-5-6-11-18(16)19-12-4-3-8-15-9-7-13-17(15)19;;;/h3-8,10-14H,1-2H3;2*1H;. The summed E-state index contributed by atoms with van der Waals surface area (Å²) in [5.74, 6) is 0.536. The van der Waals surface area contributed by atoms with Gasteiger partial charge in [0.15, 0.2) is 0 Å². The van der Waals surface area contributed by atoms with E-state index in [4.69, 9.17) is 0 Å². The third-order valence-corrected chi connectivity index (χ3v) is 4.87. The van der Waals surface area contributed by atoms with Crippen molar-refractivity contribution in [2.45, 2.75) is 19.8 Å². The average Bonchev–Trinajstić information content (AvgIpc) is 2.69. The van der Waals surface area contributed by atoms with Gasteiger partial charge in [-0.3, -0.25) is 0 Å². The maximum Gasteiger partial charge on any atom is -0.147 e. The van der Waals surface area contributed by atoms with Crippen LogP contribution >= 0.6 is 24.8 Å². The van der Waals surface area contributed by atoms with Gasteiger partial charge in [-0.1, -0.05) is 0 Å². The maximum atomic E-state index is 2.27. The summed E-state index contributed by atoms with van der Waals surface area (Å²) in [5.41, 5.74) is 6.90. The van der Waals surface area contributed by atoms with Crippen LogP contribution < -0.4 is 3.27 Å². The van der Waals surface area contributed by atoms with Gasteiger partial charge in [0.2, 0.25) is 0 Å². The van der Waals surface area contributed by atoms with Gasteiger partial charge in [-0.2, -0.15) is 0 Å². The molecule has 2 aliphatic carbocycles. The Morgan fingerprint density at radius 3 is 1.77 bits per heavy atom. The molecule has 0 spiro atoms. The predicted octanol–water partition coefficient (Wildman–Crippen LogP) is 5.60. The molecule has 0 amide bonds. The molecule has 1 aromatic rings. The van der Waals surface area contributed by atoms with Crippen LogP contribution in [-0.2, 0) is 24.7 Å². The summed E-state index contributed by atoms with van der Waals surface area (Å²) < 4.78 is 1.44. The summed E-state index contributed by atoms with van der Waals surface area (Å²) in [6.45, 7) is 4.53. The van der Waals surface area contributed by atoms with Crippen molar-refractivity contribution in [1.29, 1.82) is 0 Å². The number of halogens is 2. The van der Waals surface area contributed by atoms with Gasteiger partial charge in [0.25, 0.3) is 0 Å². The van der Waals surface area contributed by atoms with Gasteiger partial charge in [0, 0.05) is 0 Å². The van der Waals surface area contributed by atoms with Crippen LogP contribution in [0.2, 0.25) is 0 Å². The minimum atomic E-state index is 0. The largest absolute Gasteiger partial charge is 0.147 e. The molecular weight excluding hydrogens is 390 g/mol. The topological polar surface area (TPSA) is 0 Å². The van der Waals surface area contributed by atoms with Crippen LogP contribution in [0.4, 0.5) is 0 Å². The first-order valence-electron chi connectivity index (χ1n) is 7.01. The third kappa shape index (κ3) is 3.65. The molecule has 0 nitrogen and oxygen atoms in total. The molecule has 0 aliphatic heterocycles. The van der Waals surface area contributed by atoms with Gasteiger partial charge in [0.1, 0.15) is 0 Å². The molecule has 3 heteroatoms. The van der Waals surface area contributed by atoms with Crippen molar-refractivity contribution < 1.29 is 24.7 Å². The van der Waals surface area contributed by atoms with Crippen molar-refractivity contribution >= 4 is 28.1 Å². The van der Waals surface area contributed by atoms with E-state index in [2.05, 4.69) is 74.5 Å². The molecule has 0 saturated heterocycles. The Morgan fingerprint density at radius 1 is 0.636 bits per heavy atom. The second-order valence-electron chi connectivity index (χ2n) is 5.45. The van der Waals surface area contributed by atoms with Crippen molar-refractivity contribution in [1.82, 2.24) is 0 Å². The molecular formula is C19H19Cl2Zr. The van der Waals surface area contributed by atoms with Crippen molar-refractivity contribution in [3.8, 4) is 22.3 Å². The van der Waals surface area contributed by atoms with Gasteiger partial charge in [-0.05, 0) is 0 Å². The Labute approximate surface area is 160 Å². The zero-order chi connectivity index (χ0) is 14.1. The molecule has 22 heavy (non-hydrogen) atoms. The molecule has 113 valence electrons. The van der Waals surface area contributed by atoms with E-state index in [0.717, 1.165) is 0 Å². The summed E-state index contributed by atoms with van der Waals surface area (Å²) in [4.78, 5) is 0. The van der Waals surface area contributed by atoms with Crippen LogP contribution in [0.5, 0.6) is 0 Å². The number of hydrogen-bond donors (Lipinski definition) is 0. The summed E-state index contributed by atoms with van der Waals surface area (Å²) in [6, 6.07) is 22.1. The van der Waals surface area contributed by atoms with Crippen LogP contribution in [-0.4, -0.2) is 0 Å². The van der Waals surface area contributed by atoms with Crippen LogP contribution in [0.15, 0.2) is 60.7 Å². The number of benzene rings is 1. The summed E-state index contributed by atoms with van der Waals surface area (Å²) in [7, 11) is 0. The van der Waals surface area contributed by atoms with E-state index >= 15 is 0 Å². The fourth-order valence-electron chi connectivity index (χ4n) is 2.78. The molecule has 2 aliphatic rings. The van der Waals surface area contributed by atoms with Crippen LogP contribution in [0.1, 0.15) is 25.3 Å². The zero-order valence-corrected chi connectivity index (χ0v) is 16.8. The molecule has 0 aromatic heterocycles. The van der Waals surface area contributed by atoms with E-state index in [1.165, 1.54) is 55.8 Å². The van der Waals surface area contributed by atoms with Gasteiger partial charge in [0.05, 0.1) is 0 Å². The Balaban J connectivity index is 0.00000121. The van der Waals surface area contributed by atoms with Crippen molar-refractivity contribution in [2.24, 2.45) is 0 Å². The summed E-state index contributed by atoms with van der Waals surface area (Å²) in [6.07, 6.45) is 0. The number of rotatable bonds is 2. The van der Waals surface area contributed by atoms with E-state index in [1.807, 2.05) is 0 Å². The van der Waals surface area contributed by atoms with Crippen molar-refractivity contribution in [3.63, 3.8) is 0 Å². The first kappa shape index (κ1) is 19.4. The summed E-state index contributed by atoms with van der Waals surface area (Å²) >= 11 is 1.48. The molecule has 0 atom stereocenters. The van der Waals surface area contributed by atoms with Crippen molar-refractivity contribution in [3.05, 3.63) is 66.2 Å². The van der Waals surface area contributed by atoms with E-state index in [9.17, 15) is 0 Å². The zero-order valence-electron chi connectivity index (χ0n) is 12.7. The molecule has 1 aromatic carbocycles. The predicted molar refractivity (Wildman–Crippen MR) is 96.7 cm³/mol. The normalized spacial score (nSPS) is 10.1. The second kappa shape index (κ2) is 8.30. The van der Waals surface area contributed by atoms with Gasteiger partial charge in [-0.15, -0.1) is 24.8 Å². The van der Waals surface area contributed by atoms with Crippen LogP contribution in [0, 0.1) is 0 Å². The Bertz CT molecular complexity index is 722. The quantitative estimate of drug-likeness (QED) is 0.517. The van der Waals surface area contributed by atoms with E-state index < -0.39 is 0 Å². The SMILES string of the molecule is CC(C)c1ccccc1-c1ccccc2[c]([Zr])ccc1-2.Cl.Cl. The molecule has 0 unspecified atom stereocenters. The number of fused-ring (bicyclic) bond motifs is 1. The maximum absolute atomic E-state index is 2.27. The Hall–Kier alpha value is -0.617. The Morgan fingerprint density at radius 2 is 1.14 bits per heavy atom. The summed E-state index contributed by atoms with van der Waals surface area (Å²) in [5, 5.41) is 0. The van der Waals surface area contributed by atoms with Gasteiger partial charge < -0.3 is 0 Å². The van der Waals surface area contributed by atoms with Gasteiger partial charge >= 0.3 is 136 Å². The molecule has 0 heterocycles. The molecule has 0 fully saturated rings.